The summed E-state index contributed by atoms with van der Waals surface area (Å²) in [6.07, 6.45) is 5.66. The summed E-state index contributed by atoms with van der Waals surface area (Å²) in [5, 5.41) is 2.68. The molecule has 2 heterocycles. The summed E-state index contributed by atoms with van der Waals surface area (Å²) in [6.45, 7) is 8.03. The minimum atomic E-state index is -0.460. The molecule has 0 aromatic heterocycles. The number of anilines is 1. The number of nitrogens with one attached hydrogen (secondary N) is 1. The SMILES string of the molecule is C=CCN1C(=O)/C(=C\c2ccc(N3CCCC3)cc2C)C(=O)NC1=S. The lowest BCUT2D eigenvalue weighted by molar-refractivity contribution is -0.128. The van der Waals surface area contributed by atoms with Crippen LogP contribution in [0.1, 0.15) is 24.0 Å². The van der Waals surface area contributed by atoms with Crippen LogP contribution in [0, 0.1) is 6.92 Å². The van der Waals surface area contributed by atoms with Gasteiger partial charge in [-0.1, -0.05) is 12.1 Å². The molecule has 0 saturated carbocycles. The van der Waals surface area contributed by atoms with E-state index in [1.54, 1.807) is 12.2 Å². The monoisotopic (exact) mass is 355 g/mol. The number of nitrogens with zero attached hydrogens (tertiary/aromatic N) is 2. The van der Waals surface area contributed by atoms with Crippen LogP contribution in [-0.2, 0) is 9.59 Å². The van der Waals surface area contributed by atoms with Crippen LogP contribution in [-0.4, -0.2) is 41.5 Å². The number of aryl methyl sites for hydroxylation is 1. The fourth-order valence-corrected chi connectivity index (χ4v) is 3.39. The maximum absolute atomic E-state index is 12.6. The van der Waals surface area contributed by atoms with E-state index in [0.717, 1.165) is 24.2 Å². The van der Waals surface area contributed by atoms with Gasteiger partial charge < -0.3 is 4.90 Å². The number of hydrogen-bond donors (Lipinski definition) is 1. The van der Waals surface area contributed by atoms with Crippen molar-refractivity contribution >= 4 is 40.9 Å². The molecular formula is C19H21N3O2S. The lowest BCUT2D eigenvalue weighted by Crippen LogP contribution is -2.53. The van der Waals surface area contributed by atoms with E-state index >= 15 is 0 Å². The standard InChI is InChI=1S/C19H21N3O2S/c1-3-8-22-18(24)16(17(23)20-19(22)25)12-14-6-7-15(11-13(14)2)21-9-4-5-10-21/h3,6-7,11-12H,1,4-5,8-10H2,2H3,(H,20,23,25)/b16-12-. The Labute approximate surface area is 153 Å². The summed E-state index contributed by atoms with van der Waals surface area (Å²) in [4.78, 5) is 28.5. The van der Waals surface area contributed by atoms with Crippen molar-refractivity contribution < 1.29 is 9.59 Å². The number of rotatable bonds is 4. The van der Waals surface area contributed by atoms with Gasteiger partial charge in [0.25, 0.3) is 11.8 Å². The number of carbonyl (C=O) groups excluding carboxylic acids is 2. The summed E-state index contributed by atoms with van der Waals surface area (Å²) in [5.41, 5.74) is 3.16. The van der Waals surface area contributed by atoms with Crippen LogP contribution in [0.4, 0.5) is 5.69 Å². The third-order valence-electron chi connectivity index (χ3n) is 4.52. The highest BCUT2D eigenvalue weighted by molar-refractivity contribution is 7.80. The summed E-state index contributed by atoms with van der Waals surface area (Å²) in [6, 6.07) is 6.11. The first-order valence-electron chi connectivity index (χ1n) is 8.36. The van der Waals surface area contributed by atoms with Crippen molar-refractivity contribution in [2.45, 2.75) is 19.8 Å². The zero-order valence-corrected chi connectivity index (χ0v) is 15.1. The maximum Gasteiger partial charge on any atom is 0.265 e. The molecule has 2 fully saturated rings. The lowest BCUT2D eigenvalue weighted by atomic mass is 10.0. The van der Waals surface area contributed by atoms with E-state index in [1.807, 2.05) is 19.1 Å². The lowest BCUT2D eigenvalue weighted by Gasteiger charge is -2.28. The Balaban J connectivity index is 1.90. The molecule has 0 aliphatic carbocycles. The van der Waals surface area contributed by atoms with E-state index in [0.29, 0.717) is 0 Å². The minimum absolute atomic E-state index is 0.0903. The first-order valence-corrected chi connectivity index (χ1v) is 8.77. The first-order chi connectivity index (χ1) is 12.0. The van der Waals surface area contributed by atoms with Gasteiger partial charge in [-0.3, -0.25) is 19.8 Å². The third kappa shape index (κ3) is 3.49. The van der Waals surface area contributed by atoms with Crippen LogP contribution in [0.5, 0.6) is 0 Å². The predicted octanol–water partition coefficient (Wildman–Crippen LogP) is 2.41. The number of amides is 2. The Hall–Kier alpha value is -2.47. The Bertz CT molecular complexity index is 779. The van der Waals surface area contributed by atoms with Gasteiger partial charge >= 0.3 is 0 Å². The zero-order valence-electron chi connectivity index (χ0n) is 14.2. The second-order valence-corrected chi connectivity index (χ2v) is 6.64. The molecule has 2 amide bonds. The van der Waals surface area contributed by atoms with Gasteiger partial charge in [-0.05, 0) is 61.3 Å². The van der Waals surface area contributed by atoms with Crippen molar-refractivity contribution in [1.29, 1.82) is 0 Å². The third-order valence-corrected chi connectivity index (χ3v) is 4.84. The highest BCUT2D eigenvalue weighted by Gasteiger charge is 2.32. The number of carbonyl (C=O) groups is 2. The van der Waals surface area contributed by atoms with Crippen LogP contribution in [0.25, 0.3) is 6.08 Å². The predicted molar refractivity (Wildman–Crippen MR) is 103 cm³/mol. The molecule has 3 rings (SSSR count). The van der Waals surface area contributed by atoms with Gasteiger partial charge in [0.2, 0.25) is 0 Å². The molecular weight excluding hydrogens is 334 g/mol. The number of hydrogen-bond acceptors (Lipinski definition) is 4. The average molecular weight is 355 g/mol. The topological polar surface area (TPSA) is 52.7 Å². The Morgan fingerprint density at radius 3 is 2.64 bits per heavy atom. The molecule has 0 unspecified atom stereocenters. The average Bonchev–Trinajstić information content (AvgIpc) is 3.11. The van der Waals surface area contributed by atoms with Crippen molar-refractivity contribution in [1.82, 2.24) is 10.2 Å². The molecule has 6 heteroatoms. The normalized spacial score (nSPS) is 19.6. The Kier molecular flexibility index (Phi) is 4.99. The molecule has 1 aromatic carbocycles. The summed E-state index contributed by atoms with van der Waals surface area (Å²) in [7, 11) is 0. The van der Waals surface area contributed by atoms with Gasteiger partial charge in [-0.2, -0.15) is 0 Å². The van der Waals surface area contributed by atoms with Crippen LogP contribution < -0.4 is 10.2 Å². The molecule has 0 radical (unpaired) electrons. The van der Waals surface area contributed by atoms with Crippen molar-refractivity contribution in [3.05, 3.63) is 47.6 Å². The summed E-state index contributed by atoms with van der Waals surface area (Å²) in [5.74, 6) is -0.852. The molecule has 0 atom stereocenters. The number of thiocarbonyl (C=S) groups is 1. The molecule has 2 aliphatic rings. The first kappa shape index (κ1) is 17.4. The minimum Gasteiger partial charge on any atom is -0.372 e. The second-order valence-electron chi connectivity index (χ2n) is 6.26. The van der Waals surface area contributed by atoms with Crippen molar-refractivity contribution in [3.63, 3.8) is 0 Å². The summed E-state index contributed by atoms with van der Waals surface area (Å²) < 4.78 is 0. The second kappa shape index (κ2) is 7.19. The quantitative estimate of drug-likeness (QED) is 0.390. The highest BCUT2D eigenvalue weighted by Crippen LogP contribution is 2.25. The van der Waals surface area contributed by atoms with E-state index < -0.39 is 11.8 Å². The van der Waals surface area contributed by atoms with Gasteiger partial charge in [0, 0.05) is 25.3 Å². The van der Waals surface area contributed by atoms with Crippen molar-refractivity contribution in [2.75, 3.05) is 24.5 Å². The molecule has 1 aromatic rings. The van der Waals surface area contributed by atoms with Gasteiger partial charge in [-0.15, -0.1) is 6.58 Å². The van der Waals surface area contributed by atoms with Crippen LogP contribution in [0.15, 0.2) is 36.4 Å². The smallest absolute Gasteiger partial charge is 0.265 e. The largest absolute Gasteiger partial charge is 0.372 e. The van der Waals surface area contributed by atoms with Gasteiger partial charge in [-0.25, -0.2) is 0 Å². The van der Waals surface area contributed by atoms with Gasteiger partial charge in [0.15, 0.2) is 5.11 Å². The van der Waals surface area contributed by atoms with Gasteiger partial charge in [0.05, 0.1) is 0 Å². The molecule has 0 bridgehead atoms. The molecule has 0 spiro atoms. The number of benzene rings is 1. The van der Waals surface area contributed by atoms with E-state index in [1.165, 1.54) is 23.4 Å². The van der Waals surface area contributed by atoms with E-state index in [2.05, 4.69) is 22.9 Å². The van der Waals surface area contributed by atoms with E-state index in [-0.39, 0.29) is 17.2 Å². The van der Waals surface area contributed by atoms with E-state index in [4.69, 9.17) is 12.2 Å². The van der Waals surface area contributed by atoms with Gasteiger partial charge in [0.1, 0.15) is 5.57 Å². The van der Waals surface area contributed by atoms with E-state index in [9.17, 15) is 9.59 Å². The molecule has 5 nitrogen and oxygen atoms in total. The fraction of sp³-hybridized carbons (Fsp3) is 0.316. The van der Waals surface area contributed by atoms with Crippen LogP contribution in [0.3, 0.4) is 0 Å². The van der Waals surface area contributed by atoms with Crippen LogP contribution in [0.2, 0.25) is 0 Å². The van der Waals surface area contributed by atoms with Crippen molar-refractivity contribution in [2.24, 2.45) is 0 Å². The molecule has 2 saturated heterocycles. The Morgan fingerprint density at radius 1 is 1.28 bits per heavy atom. The summed E-state index contributed by atoms with van der Waals surface area (Å²) >= 11 is 5.06. The molecule has 1 N–H and O–H groups in total. The molecule has 25 heavy (non-hydrogen) atoms. The fourth-order valence-electron chi connectivity index (χ4n) is 3.14. The zero-order chi connectivity index (χ0) is 18.0. The van der Waals surface area contributed by atoms with Crippen LogP contribution >= 0.6 is 12.2 Å². The van der Waals surface area contributed by atoms with Crippen molar-refractivity contribution in [3.8, 4) is 0 Å². The molecule has 130 valence electrons. The molecule has 2 aliphatic heterocycles. The Morgan fingerprint density at radius 2 is 2.00 bits per heavy atom. The maximum atomic E-state index is 12.6. The highest BCUT2D eigenvalue weighted by atomic mass is 32.1.